The summed E-state index contributed by atoms with van der Waals surface area (Å²) >= 11 is 0. The van der Waals surface area contributed by atoms with Gasteiger partial charge in [-0.25, -0.2) is 24.9 Å². The van der Waals surface area contributed by atoms with Crippen LogP contribution in [0.5, 0.6) is 0 Å². The molecule has 0 saturated heterocycles. The molecule has 24 aromatic rings. The molecule has 636 valence electrons. The van der Waals surface area contributed by atoms with Gasteiger partial charge in [-0.3, -0.25) is 0 Å². The van der Waals surface area contributed by atoms with Crippen LogP contribution in [0.25, 0.3) is 237 Å². The molecule has 0 radical (unpaired) electrons. The van der Waals surface area contributed by atoms with Crippen molar-refractivity contribution in [1.29, 1.82) is 0 Å². The third-order valence-electron chi connectivity index (χ3n) is 30.1. The van der Waals surface area contributed by atoms with Crippen LogP contribution in [0.1, 0.15) is 79.5 Å². The van der Waals surface area contributed by atoms with Crippen molar-refractivity contribution in [2.24, 2.45) is 9.98 Å². The van der Waals surface area contributed by atoms with Crippen molar-refractivity contribution >= 4 is 125 Å². The van der Waals surface area contributed by atoms with Gasteiger partial charge in [0.05, 0.1) is 33.5 Å². The first-order chi connectivity index (χ1) is 66.9. The van der Waals surface area contributed by atoms with E-state index in [0.29, 0.717) is 29.7 Å². The second-order valence-corrected chi connectivity index (χ2v) is 38.3. The maximum atomic E-state index is 5.74. The molecule has 4 heterocycles. The summed E-state index contributed by atoms with van der Waals surface area (Å²) in [5.41, 5.74) is 36.2. The van der Waals surface area contributed by atoms with Crippen LogP contribution in [0, 0.1) is 0 Å². The molecule has 136 heavy (non-hydrogen) atoms. The quantitative estimate of drug-likeness (QED) is 0.121. The van der Waals surface area contributed by atoms with Crippen LogP contribution < -0.4 is 0 Å². The molecule has 28 rings (SSSR count). The number of amidine groups is 1. The monoisotopic (exact) mass is 1730 g/mol. The first-order valence-electron chi connectivity index (χ1n) is 47.4. The number of allylic oxidation sites excluding steroid dienone is 1. The highest BCUT2D eigenvalue weighted by Gasteiger charge is 2.41. The van der Waals surface area contributed by atoms with E-state index >= 15 is 0 Å². The van der Waals surface area contributed by atoms with Crippen molar-refractivity contribution in [2.75, 3.05) is 0 Å². The molecule has 7 heteroatoms. The van der Waals surface area contributed by atoms with Gasteiger partial charge >= 0.3 is 0 Å². The Morgan fingerprint density at radius 2 is 0.699 bits per heavy atom. The fraction of sp³-hybridized carbons (Fsp3) is 0.0620. The average molecular weight is 1730 g/mol. The summed E-state index contributed by atoms with van der Waals surface area (Å²) in [5, 5.41) is 19.6. The van der Waals surface area contributed by atoms with Gasteiger partial charge in [-0.05, 0) is 280 Å². The molecule has 21 aromatic carbocycles. The molecule has 3 aliphatic carbocycles. The van der Waals surface area contributed by atoms with E-state index in [0.717, 1.165) is 101 Å². The Labute approximate surface area is 786 Å². The summed E-state index contributed by atoms with van der Waals surface area (Å²) in [6.07, 6.45) is 3.76. The standard InChI is InChI=1S/C129H85N7/c1-128(2)112-62-55-84-63-81(52-56-92(84)122(112)111-73-110-101-44-24-26-50-118(101)136(120(110)75-114(111)128)90-67-86(91-60-61-104-96-41-21-20-40-95(96)103-46-27-45-102(91)121(103)104)65-88(69-90)127-133-125(79-34-13-7-14-35-79)132-126(134-127)80-36-15-8-16-37-80)82-53-58-99-106(70-82)97-42-22-19-39-94(97)98-57-54-83(71-107(98)99)85-64-87(116-48-28-47-115(77-30-9-5-10-31-77)130-124(131-116)78-32-11-6-12-33-78)68-89(66-85)135-117-49-25-23-43-100(117)109-72-108-105-59-51-76-29-17-18-38-93(76)123(105)129(3,4)113(108)74-119(109)135/h5-27,29-47,49-75H,28,48H2,1-4H3/b115-47-,130-124?,131-116?. The van der Waals surface area contributed by atoms with Crippen LogP contribution in [0.2, 0.25) is 0 Å². The predicted molar refractivity (Wildman–Crippen MR) is 569 cm³/mol. The number of nitrogens with zero attached hydrogens (tertiary/aromatic N) is 7. The summed E-state index contributed by atoms with van der Waals surface area (Å²) in [6.45, 7) is 9.68. The molecule has 0 bridgehead atoms. The number of rotatable bonds is 11. The minimum Gasteiger partial charge on any atom is -0.309 e. The lowest BCUT2D eigenvalue weighted by atomic mass is 9.80. The number of aromatic nitrogens is 5. The molecule has 0 unspecified atom stereocenters. The molecular formula is C129H85N7. The Hall–Kier alpha value is -17.1. The second kappa shape index (κ2) is 29.7. The van der Waals surface area contributed by atoms with Crippen molar-refractivity contribution < 1.29 is 0 Å². The molecule has 0 fully saturated rings. The van der Waals surface area contributed by atoms with E-state index in [9.17, 15) is 0 Å². The van der Waals surface area contributed by atoms with Gasteiger partial charge in [0.2, 0.25) is 0 Å². The van der Waals surface area contributed by atoms with Gasteiger partial charge in [-0.1, -0.05) is 355 Å². The molecule has 0 spiro atoms. The Morgan fingerprint density at radius 3 is 1.36 bits per heavy atom. The Morgan fingerprint density at radius 1 is 0.235 bits per heavy atom. The Kier molecular flexibility index (Phi) is 16.9. The minimum absolute atomic E-state index is 0.270. The molecular weight excluding hydrogens is 1650 g/mol. The van der Waals surface area contributed by atoms with Gasteiger partial charge in [-0.2, -0.15) is 0 Å². The molecule has 0 amide bonds. The number of hydrogen-bond donors (Lipinski definition) is 0. The van der Waals surface area contributed by atoms with Crippen molar-refractivity contribution in [2.45, 2.75) is 51.4 Å². The zero-order chi connectivity index (χ0) is 89.9. The normalized spacial score (nSPS) is 14.3. The van der Waals surface area contributed by atoms with Crippen LogP contribution in [0.15, 0.2) is 429 Å². The fourth-order valence-electron chi connectivity index (χ4n) is 23.7. The summed E-state index contributed by atoms with van der Waals surface area (Å²) in [7, 11) is 0. The van der Waals surface area contributed by atoms with E-state index < -0.39 is 0 Å². The van der Waals surface area contributed by atoms with Crippen molar-refractivity contribution in [3.05, 3.63) is 458 Å². The number of aliphatic imine (C=N–C) groups is 2. The molecule has 7 nitrogen and oxygen atoms in total. The van der Waals surface area contributed by atoms with E-state index in [1.807, 2.05) is 36.4 Å². The first kappa shape index (κ1) is 77.6. The van der Waals surface area contributed by atoms with E-state index in [1.54, 1.807) is 0 Å². The molecule has 1 aliphatic heterocycles. The summed E-state index contributed by atoms with van der Waals surface area (Å²) in [5.74, 6) is 2.52. The van der Waals surface area contributed by atoms with Crippen LogP contribution in [-0.2, 0) is 10.8 Å². The van der Waals surface area contributed by atoms with Gasteiger partial charge in [-0.15, -0.1) is 0 Å². The fourth-order valence-corrected chi connectivity index (χ4v) is 23.7. The van der Waals surface area contributed by atoms with Gasteiger partial charge in [0.25, 0.3) is 0 Å². The highest BCUT2D eigenvalue weighted by Crippen LogP contribution is 2.58. The maximum Gasteiger partial charge on any atom is 0.164 e. The third-order valence-corrected chi connectivity index (χ3v) is 30.1. The minimum atomic E-state index is -0.354. The average Bonchev–Trinajstić information content (AvgIpc) is 1.54. The predicted octanol–water partition coefficient (Wildman–Crippen LogP) is 33.3. The lowest BCUT2D eigenvalue weighted by Gasteiger charge is -2.23. The van der Waals surface area contributed by atoms with Crippen LogP contribution in [0.4, 0.5) is 0 Å². The summed E-state index contributed by atoms with van der Waals surface area (Å²) < 4.78 is 5.04. The highest BCUT2D eigenvalue weighted by molar-refractivity contribution is 6.27. The van der Waals surface area contributed by atoms with Gasteiger partial charge in [0.15, 0.2) is 23.3 Å². The Balaban J connectivity index is 0.584. The smallest absolute Gasteiger partial charge is 0.164 e. The van der Waals surface area contributed by atoms with Crippen LogP contribution in [0.3, 0.4) is 0 Å². The van der Waals surface area contributed by atoms with Gasteiger partial charge < -0.3 is 9.13 Å². The molecule has 0 atom stereocenters. The highest BCUT2D eigenvalue weighted by atomic mass is 15.0. The van der Waals surface area contributed by atoms with Crippen LogP contribution in [-0.4, -0.2) is 35.6 Å². The summed E-state index contributed by atoms with van der Waals surface area (Å²) in [4.78, 5) is 27.2. The summed E-state index contributed by atoms with van der Waals surface area (Å²) in [6, 6.07) is 153. The van der Waals surface area contributed by atoms with Crippen molar-refractivity contribution in [1.82, 2.24) is 24.1 Å². The van der Waals surface area contributed by atoms with E-state index in [1.165, 1.54) is 170 Å². The SMILES string of the molecule is CC1(C)c2cc3c(cc2-c2c1ccc1cc(-c4ccc5c6cc(-c7cc(C8=NC(c9ccccc9)=N/C(c9ccccc9)=C\CC8)cc(-n8c9ccccc9c9cc%10c(cc98)C(C)(C)c8c-%10ccc9ccccc89)c7)ccc6c6ccccc6c5c4)ccc21)c1ccccc1n3-c1cc(-c2nc(-c3ccccc3)nc(-c3ccccc3)n2)cc(-c2ccc3c4c(cccc24)-c2ccccc2-3)c1. The number of hydrogen-bond acceptors (Lipinski definition) is 5. The maximum absolute atomic E-state index is 5.74. The van der Waals surface area contributed by atoms with E-state index in [2.05, 4.69) is 419 Å². The van der Waals surface area contributed by atoms with Crippen molar-refractivity contribution in [3.63, 3.8) is 0 Å². The van der Waals surface area contributed by atoms with E-state index in [-0.39, 0.29) is 10.8 Å². The van der Waals surface area contributed by atoms with Crippen molar-refractivity contribution in [3.8, 4) is 123 Å². The topological polar surface area (TPSA) is 73.2 Å². The first-order valence-corrected chi connectivity index (χ1v) is 47.4. The number of benzene rings is 21. The largest absolute Gasteiger partial charge is 0.309 e. The van der Waals surface area contributed by atoms with E-state index in [4.69, 9.17) is 24.9 Å². The third kappa shape index (κ3) is 11.9. The molecule has 0 saturated carbocycles. The Bertz CT molecular complexity index is 9370. The van der Waals surface area contributed by atoms with Crippen LogP contribution >= 0.6 is 0 Å². The molecule has 0 N–H and O–H groups in total. The molecule has 4 aliphatic rings. The lowest BCUT2D eigenvalue weighted by Crippen LogP contribution is -2.15. The van der Waals surface area contributed by atoms with Gasteiger partial charge in [0, 0.05) is 66.0 Å². The molecule has 3 aromatic heterocycles. The zero-order valence-corrected chi connectivity index (χ0v) is 75.4. The number of para-hydroxylation sites is 2. The number of fused-ring (bicyclic) bond motifs is 25. The lowest BCUT2D eigenvalue weighted by molar-refractivity contribution is 0.661. The zero-order valence-electron chi connectivity index (χ0n) is 75.4. The second-order valence-electron chi connectivity index (χ2n) is 38.3. The van der Waals surface area contributed by atoms with Gasteiger partial charge in [0.1, 0.15) is 0 Å².